The van der Waals surface area contributed by atoms with Crippen LogP contribution in [0.2, 0.25) is 0 Å². The lowest BCUT2D eigenvalue weighted by molar-refractivity contribution is 0.800. The van der Waals surface area contributed by atoms with Gasteiger partial charge in [-0.25, -0.2) is 4.98 Å². The van der Waals surface area contributed by atoms with Crippen molar-refractivity contribution < 1.29 is 0 Å². The van der Waals surface area contributed by atoms with Gasteiger partial charge in [0.15, 0.2) is 0 Å². The number of hydrogen-bond donors (Lipinski definition) is 1. The fourth-order valence-electron chi connectivity index (χ4n) is 1.51. The highest BCUT2D eigenvalue weighted by Gasteiger charge is 2.07. The molecule has 18 heavy (non-hydrogen) atoms. The van der Waals surface area contributed by atoms with Crippen LogP contribution in [-0.2, 0) is 6.42 Å². The molecule has 0 amide bonds. The molecule has 3 nitrogen and oxygen atoms in total. The minimum Gasteiger partial charge on any atom is -0.330 e. The normalized spacial score (nSPS) is 10.9. The van der Waals surface area contributed by atoms with Gasteiger partial charge in [-0.1, -0.05) is 26.0 Å². The summed E-state index contributed by atoms with van der Waals surface area (Å²) in [6, 6.07) is 8.24. The van der Waals surface area contributed by atoms with Gasteiger partial charge in [-0.2, -0.15) is 4.37 Å². The van der Waals surface area contributed by atoms with E-state index in [9.17, 15) is 0 Å². The first-order valence-corrected chi connectivity index (χ1v) is 7.25. The summed E-state index contributed by atoms with van der Waals surface area (Å²) in [5.74, 6) is 1.91. The molecule has 2 aromatic rings. The van der Waals surface area contributed by atoms with E-state index in [0.29, 0.717) is 11.8 Å². The van der Waals surface area contributed by atoms with Crippen molar-refractivity contribution in [1.82, 2.24) is 9.36 Å². The smallest absolute Gasteiger partial charge is 0.207 e. The molecule has 96 valence electrons. The number of nitrogens with zero attached hydrogens (tertiary/aromatic N) is 2. The molecule has 0 aliphatic rings. The van der Waals surface area contributed by atoms with Crippen LogP contribution in [0.4, 0.5) is 10.8 Å². The summed E-state index contributed by atoms with van der Waals surface area (Å²) in [7, 11) is 0. The fourth-order valence-corrected chi connectivity index (χ4v) is 2.46. The van der Waals surface area contributed by atoms with E-state index in [0.717, 1.165) is 23.1 Å². The Morgan fingerprint density at radius 1 is 1.28 bits per heavy atom. The number of hydrogen-bond acceptors (Lipinski definition) is 4. The van der Waals surface area contributed by atoms with Gasteiger partial charge in [0.1, 0.15) is 5.82 Å². The van der Waals surface area contributed by atoms with Gasteiger partial charge in [-0.3, -0.25) is 0 Å². The van der Waals surface area contributed by atoms with Crippen LogP contribution in [0.3, 0.4) is 0 Å². The maximum Gasteiger partial charge on any atom is 0.207 e. The monoisotopic (exact) mass is 281 g/mol. The van der Waals surface area contributed by atoms with Crippen molar-refractivity contribution in [3.8, 4) is 0 Å². The van der Waals surface area contributed by atoms with Crippen molar-refractivity contribution in [1.29, 1.82) is 0 Å². The molecule has 1 heterocycles. The number of aromatic nitrogens is 2. The lowest BCUT2D eigenvalue weighted by Gasteiger charge is -2.03. The van der Waals surface area contributed by atoms with E-state index in [1.165, 1.54) is 17.1 Å². The first-order valence-electron chi connectivity index (χ1n) is 5.94. The van der Waals surface area contributed by atoms with Crippen LogP contribution in [-0.4, -0.2) is 15.2 Å². The summed E-state index contributed by atoms with van der Waals surface area (Å²) in [6.07, 6.45) is 0.901. The molecule has 0 saturated heterocycles. The van der Waals surface area contributed by atoms with E-state index in [1.54, 1.807) is 0 Å². The van der Waals surface area contributed by atoms with E-state index < -0.39 is 0 Å². The second-order valence-electron chi connectivity index (χ2n) is 4.37. The number of nitrogens with one attached hydrogen (secondary N) is 1. The molecule has 1 N–H and O–H groups in total. The fraction of sp³-hybridized carbons (Fsp3) is 0.385. The molecule has 0 aliphatic heterocycles. The molecule has 1 aromatic carbocycles. The number of aryl methyl sites for hydroxylation is 1. The van der Waals surface area contributed by atoms with Gasteiger partial charge in [0.25, 0.3) is 0 Å². The zero-order valence-corrected chi connectivity index (χ0v) is 12.1. The molecule has 0 unspecified atom stereocenters. The van der Waals surface area contributed by atoms with Crippen molar-refractivity contribution in [2.75, 3.05) is 11.2 Å². The van der Waals surface area contributed by atoms with Crippen LogP contribution in [0.15, 0.2) is 24.3 Å². The third-order valence-corrected chi connectivity index (χ3v) is 3.38. The molecule has 0 atom stereocenters. The highest BCUT2D eigenvalue weighted by atomic mass is 35.5. The summed E-state index contributed by atoms with van der Waals surface area (Å²) in [5.41, 5.74) is 2.27. The molecule has 0 saturated carbocycles. The SMILES string of the molecule is CC(C)c1nsc(Nc2ccc(CCCl)cc2)n1. The Bertz CT molecular complexity index is 493. The standard InChI is InChI=1S/C13H16ClN3S/c1-9(2)12-16-13(18-17-12)15-11-5-3-10(4-6-11)7-8-14/h3-6,9H,7-8H2,1-2H3,(H,15,16,17). The third-order valence-electron chi connectivity index (χ3n) is 2.55. The van der Waals surface area contributed by atoms with Gasteiger partial charge in [0.05, 0.1) is 0 Å². The van der Waals surface area contributed by atoms with Crippen LogP contribution in [0.25, 0.3) is 0 Å². The quantitative estimate of drug-likeness (QED) is 0.835. The Balaban J connectivity index is 2.03. The minimum atomic E-state index is 0.364. The largest absolute Gasteiger partial charge is 0.330 e. The first-order chi connectivity index (χ1) is 8.69. The molecule has 2 rings (SSSR count). The summed E-state index contributed by atoms with van der Waals surface area (Å²) in [5, 5.41) is 4.10. The molecule has 0 bridgehead atoms. The molecular formula is C13H16ClN3S. The number of benzene rings is 1. The van der Waals surface area contributed by atoms with Gasteiger partial charge in [0.2, 0.25) is 5.13 Å². The first kappa shape index (κ1) is 13.3. The maximum absolute atomic E-state index is 5.71. The molecule has 0 spiro atoms. The molecule has 0 radical (unpaired) electrons. The lowest BCUT2D eigenvalue weighted by Crippen LogP contribution is -1.93. The number of alkyl halides is 1. The van der Waals surface area contributed by atoms with E-state index in [-0.39, 0.29) is 0 Å². The van der Waals surface area contributed by atoms with Gasteiger partial charge in [-0.15, -0.1) is 11.6 Å². The second-order valence-corrected chi connectivity index (χ2v) is 5.50. The Morgan fingerprint density at radius 3 is 2.56 bits per heavy atom. The van der Waals surface area contributed by atoms with Crippen molar-refractivity contribution in [3.63, 3.8) is 0 Å². The van der Waals surface area contributed by atoms with Gasteiger partial charge in [0, 0.05) is 29.0 Å². The van der Waals surface area contributed by atoms with Crippen LogP contribution < -0.4 is 5.32 Å². The van der Waals surface area contributed by atoms with Crippen molar-refractivity contribution in [2.24, 2.45) is 0 Å². The van der Waals surface area contributed by atoms with E-state index in [4.69, 9.17) is 11.6 Å². The minimum absolute atomic E-state index is 0.364. The Labute approximate surface area is 116 Å². The number of halogens is 1. The van der Waals surface area contributed by atoms with Crippen molar-refractivity contribution >= 4 is 34.0 Å². The van der Waals surface area contributed by atoms with Crippen molar-refractivity contribution in [3.05, 3.63) is 35.7 Å². The zero-order valence-electron chi connectivity index (χ0n) is 10.5. The van der Waals surface area contributed by atoms with Crippen LogP contribution in [0.5, 0.6) is 0 Å². The summed E-state index contributed by atoms with van der Waals surface area (Å²) < 4.78 is 4.31. The van der Waals surface area contributed by atoms with E-state index >= 15 is 0 Å². The van der Waals surface area contributed by atoms with Gasteiger partial charge < -0.3 is 5.32 Å². The zero-order chi connectivity index (χ0) is 13.0. The van der Waals surface area contributed by atoms with Gasteiger partial charge in [-0.05, 0) is 24.1 Å². The van der Waals surface area contributed by atoms with E-state index in [2.05, 4.69) is 40.7 Å². The maximum atomic E-state index is 5.71. The Morgan fingerprint density at radius 2 is 2.00 bits per heavy atom. The summed E-state index contributed by atoms with van der Waals surface area (Å²) in [6.45, 7) is 4.18. The van der Waals surface area contributed by atoms with Crippen molar-refractivity contribution in [2.45, 2.75) is 26.2 Å². The molecule has 0 aliphatic carbocycles. The molecule has 0 fully saturated rings. The second kappa shape index (κ2) is 6.16. The number of anilines is 2. The van der Waals surface area contributed by atoms with E-state index in [1.807, 2.05) is 12.1 Å². The van der Waals surface area contributed by atoms with Crippen LogP contribution >= 0.6 is 23.1 Å². The number of rotatable bonds is 5. The molecular weight excluding hydrogens is 266 g/mol. The highest BCUT2D eigenvalue weighted by Crippen LogP contribution is 2.21. The third kappa shape index (κ3) is 3.43. The lowest BCUT2D eigenvalue weighted by atomic mass is 10.1. The average Bonchev–Trinajstić information content (AvgIpc) is 2.81. The topological polar surface area (TPSA) is 37.8 Å². The predicted octanol–water partition coefficient (Wildman–Crippen LogP) is 4.19. The van der Waals surface area contributed by atoms with Crippen LogP contribution in [0, 0.1) is 0 Å². The predicted molar refractivity (Wildman–Crippen MR) is 78.1 cm³/mol. The average molecular weight is 282 g/mol. The Kier molecular flexibility index (Phi) is 4.55. The highest BCUT2D eigenvalue weighted by molar-refractivity contribution is 7.09. The molecule has 1 aromatic heterocycles. The van der Waals surface area contributed by atoms with Crippen LogP contribution in [0.1, 0.15) is 31.2 Å². The van der Waals surface area contributed by atoms with Gasteiger partial charge >= 0.3 is 0 Å². The molecule has 5 heteroatoms. The summed E-state index contributed by atoms with van der Waals surface area (Å²) >= 11 is 7.10. The summed E-state index contributed by atoms with van der Waals surface area (Å²) in [4.78, 5) is 4.44. The Hall–Kier alpha value is -1.13.